The number of hydrogen-bond donors (Lipinski definition) is 0. The molecule has 0 unspecified atom stereocenters. The maximum atomic E-state index is 11.7. The van der Waals surface area contributed by atoms with Crippen LogP contribution in [0.2, 0.25) is 0 Å². The lowest BCUT2D eigenvalue weighted by molar-refractivity contribution is 0.0988. The molecule has 0 saturated carbocycles. The Morgan fingerprint density at radius 1 is 1.32 bits per heavy atom. The smallest absolute Gasteiger partial charge is 0.162 e. The van der Waals surface area contributed by atoms with Crippen molar-refractivity contribution in [2.45, 2.75) is 40.7 Å². The molecule has 0 fully saturated rings. The third-order valence-corrected chi connectivity index (χ3v) is 3.09. The molecule has 0 aromatic heterocycles. The first-order chi connectivity index (χ1) is 10.3. The lowest BCUT2D eigenvalue weighted by atomic mass is 9.98. The average Bonchev–Trinajstić information content (AvgIpc) is 2.45. The Morgan fingerprint density at radius 2 is 2.05 bits per heavy atom. The number of Topliss-reactive ketones (excluding diaryl/α,β-unsaturated/α-hetero) is 1. The van der Waals surface area contributed by atoms with Gasteiger partial charge in [-0.3, -0.25) is 9.69 Å². The number of benzene rings is 1. The van der Waals surface area contributed by atoms with Crippen molar-refractivity contribution in [3.05, 3.63) is 47.5 Å². The zero-order valence-corrected chi connectivity index (χ0v) is 14.4. The molecule has 1 rings (SSSR count). The quantitative estimate of drug-likeness (QED) is 0.576. The highest BCUT2D eigenvalue weighted by molar-refractivity contribution is 5.95. The summed E-state index contributed by atoms with van der Waals surface area (Å²) < 4.78 is 0. The van der Waals surface area contributed by atoms with Gasteiger partial charge in [0.15, 0.2) is 5.78 Å². The monoisotopic (exact) mass is 297 g/mol. The molecule has 0 amide bonds. The van der Waals surface area contributed by atoms with Crippen molar-refractivity contribution in [2.24, 2.45) is 5.41 Å². The van der Waals surface area contributed by atoms with Crippen LogP contribution in [0.15, 0.2) is 36.4 Å². The van der Waals surface area contributed by atoms with Gasteiger partial charge in [-0.05, 0) is 45.5 Å². The summed E-state index contributed by atoms with van der Waals surface area (Å²) in [7, 11) is 2.07. The number of likely N-dealkylation sites (N-methyl/N-ethyl adjacent to an activating group) is 1. The summed E-state index contributed by atoms with van der Waals surface area (Å²) in [4.78, 5) is 13.9. The number of hydrogen-bond acceptors (Lipinski definition) is 2. The van der Waals surface area contributed by atoms with Gasteiger partial charge in [0, 0.05) is 30.5 Å². The molecule has 22 heavy (non-hydrogen) atoms. The van der Waals surface area contributed by atoms with E-state index in [1.807, 2.05) is 31.2 Å². The van der Waals surface area contributed by atoms with Crippen LogP contribution in [0.5, 0.6) is 0 Å². The fourth-order valence-electron chi connectivity index (χ4n) is 1.97. The molecule has 0 atom stereocenters. The molecule has 0 radical (unpaired) electrons. The van der Waals surface area contributed by atoms with Crippen LogP contribution in [0.4, 0.5) is 0 Å². The summed E-state index contributed by atoms with van der Waals surface area (Å²) in [6.07, 6.45) is 4.53. The molecule has 1 aromatic carbocycles. The summed E-state index contributed by atoms with van der Waals surface area (Å²) in [5.74, 6) is 6.45. The van der Waals surface area contributed by atoms with Gasteiger partial charge in [0.05, 0.1) is 0 Å². The zero-order valence-electron chi connectivity index (χ0n) is 14.4. The minimum atomic E-state index is 0.0441. The largest absolute Gasteiger partial charge is 0.298 e. The van der Waals surface area contributed by atoms with Crippen molar-refractivity contribution >= 4 is 5.78 Å². The number of carbonyl (C=O) groups excluding carboxylic acids is 1. The number of rotatable bonds is 6. The first-order valence-corrected chi connectivity index (χ1v) is 7.80. The Morgan fingerprint density at radius 3 is 2.68 bits per heavy atom. The van der Waals surface area contributed by atoms with E-state index in [1.54, 1.807) is 0 Å². The van der Waals surface area contributed by atoms with Crippen molar-refractivity contribution in [3.63, 3.8) is 0 Å². The number of allylic oxidation sites excluding steroid dienone is 1. The highest BCUT2D eigenvalue weighted by Gasteiger charge is 2.05. The predicted octanol–water partition coefficient (Wildman–Crippen LogP) is 4.32. The molecule has 0 heterocycles. The maximum absolute atomic E-state index is 11.7. The normalized spacial score (nSPS) is 11.5. The van der Waals surface area contributed by atoms with Crippen LogP contribution in [-0.4, -0.2) is 24.3 Å². The Bertz CT molecular complexity index is 582. The molecular weight excluding hydrogens is 270 g/mol. The molecule has 0 N–H and O–H groups in total. The summed E-state index contributed by atoms with van der Waals surface area (Å²) in [5, 5.41) is 0. The number of carbonyl (C=O) groups is 1. The summed E-state index contributed by atoms with van der Waals surface area (Å²) in [6, 6.07) is 7.89. The van der Waals surface area contributed by atoms with E-state index in [0.717, 1.165) is 24.2 Å². The molecule has 0 saturated heterocycles. The van der Waals surface area contributed by atoms with E-state index in [4.69, 9.17) is 0 Å². The minimum absolute atomic E-state index is 0.0441. The summed E-state index contributed by atoms with van der Waals surface area (Å²) in [6.45, 7) is 9.86. The lowest BCUT2D eigenvalue weighted by Crippen LogP contribution is -2.17. The first-order valence-electron chi connectivity index (χ1n) is 7.80. The van der Waals surface area contributed by atoms with Crippen LogP contribution in [0.25, 0.3) is 0 Å². The van der Waals surface area contributed by atoms with E-state index < -0.39 is 0 Å². The van der Waals surface area contributed by atoms with Gasteiger partial charge in [0.2, 0.25) is 0 Å². The summed E-state index contributed by atoms with van der Waals surface area (Å²) >= 11 is 0. The second-order valence-corrected chi connectivity index (χ2v) is 6.60. The highest BCUT2D eigenvalue weighted by atomic mass is 16.1. The minimum Gasteiger partial charge on any atom is -0.298 e. The van der Waals surface area contributed by atoms with E-state index in [1.165, 1.54) is 0 Å². The van der Waals surface area contributed by atoms with E-state index in [-0.39, 0.29) is 11.2 Å². The topological polar surface area (TPSA) is 20.3 Å². The van der Waals surface area contributed by atoms with Gasteiger partial charge in [-0.2, -0.15) is 0 Å². The predicted molar refractivity (Wildman–Crippen MR) is 93.8 cm³/mol. The zero-order chi connectivity index (χ0) is 16.6. The third-order valence-electron chi connectivity index (χ3n) is 3.09. The maximum Gasteiger partial charge on any atom is 0.162 e. The van der Waals surface area contributed by atoms with Crippen LogP contribution >= 0.6 is 0 Å². The van der Waals surface area contributed by atoms with Crippen molar-refractivity contribution in [1.29, 1.82) is 0 Å². The Hall–Kier alpha value is -1.85. The van der Waals surface area contributed by atoms with E-state index >= 15 is 0 Å². The van der Waals surface area contributed by atoms with Crippen LogP contribution in [0.1, 0.15) is 50.0 Å². The third kappa shape index (κ3) is 7.24. The van der Waals surface area contributed by atoms with Gasteiger partial charge in [-0.1, -0.05) is 43.0 Å². The van der Waals surface area contributed by atoms with Gasteiger partial charge >= 0.3 is 0 Å². The molecule has 0 spiro atoms. The molecule has 1 aromatic rings. The second kappa shape index (κ2) is 8.56. The van der Waals surface area contributed by atoms with Crippen LogP contribution < -0.4 is 0 Å². The molecule has 2 nitrogen and oxygen atoms in total. The average molecular weight is 297 g/mol. The van der Waals surface area contributed by atoms with E-state index in [0.29, 0.717) is 6.42 Å². The fourth-order valence-corrected chi connectivity index (χ4v) is 1.97. The molecule has 118 valence electrons. The molecule has 2 heteroatoms. The van der Waals surface area contributed by atoms with Gasteiger partial charge in [0.25, 0.3) is 0 Å². The SMILES string of the molecule is CCC(=O)c1cccc(CN(C)C/C=C/C#CC(C)(C)C)c1. The van der Waals surface area contributed by atoms with Crippen LogP contribution in [0.3, 0.4) is 0 Å². The summed E-state index contributed by atoms with van der Waals surface area (Å²) in [5.41, 5.74) is 2.01. The molecule has 0 aliphatic heterocycles. The first kappa shape index (κ1) is 18.2. The Labute approximate surface area is 135 Å². The van der Waals surface area contributed by atoms with E-state index in [2.05, 4.69) is 56.7 Å². The van der Waals surface area contributed by atoms with E-state index in [9.17, 15) is 4.79 Å². The number of nitrogens with zero attached hydrogens (tertiary/aromatic N) is 1. The van der Waals surface area contributed by atoms with Gasteiger partial charge in [0.1, 0.15) is 0 Å². The standard InChI is InChI=1S/C20H27NO/c1-6-19(22)18-12-10-11-17(15-18)16-21(5)14-9-7-8-13-20(2,3)4/h7,9-12,15H,6,14,16H2,1-5H3/b9-7+. The van der Waals surface area contributed by atoms with Gasteiger partial charge in [-0.25, -0.2) is 0 Å². The molecule has 0 aliphatic rings. The molecule has 0 aliphatic carbocycles. The van der Waals surface area contributed by atoms with Crippen molar-refractivity contribution in [2.75, 3.05) is 13.6 Å². The van der Waals surface area contributed by atoms with Crippen LogP contribution in [-0.2, 0) is 6.54 Å². The van der Waals surface area contributed by atoms with Crippen molar-refractivity contribution in [3.8, 4) is 11.8 Å². The fraction of sp³-hybridized carbons (Fsp3) is 0.450. The highest BCUT2D eigenvalue weighted by Crippen LogP contribution is 2.10. The second-order valence-electron chi connectivity index (χ2n) is 6.60. The lowest BCUT2D eigenvalue weighted by Gasteiger charge is -2.14. The Kier molecular flexibility index (Phi) is 7.08. The Balaban J connectivity index is 2.55. The van der Waals surface area contributed by atoms with Crippen molar-refractivity contribution in [1.82, 2.24) is 4.90 Å². The van der Waals surface area contributed by atoms with Crippen LogP contribution in [0, 0.1) is 17.3 Å². The molecular formula is C20H27NO. The van der Waals surface area contributed by atoms with Gasteiger partial charge in [-0.15, -0.1) is 0 Å². The number of ketones is 1. The molecule has 0 bridgehead atoms. The van der Waals surface area contributed by atoms with Crippen molar-refractivity contribution < 1.29 is 4.79 Å². The van der Waals surface area contributed by atoms with Gasteiger partial charge < -0.3 is 0 Å².